The molecule has 0 aliphatic carbocycles. The molecule has 21 heavy (non-hydrogen) atoms. The molecule has 1 atom stereocenters. The molecule has 0 aliphatic heterocycles. The lowest BCUT2D eigenvalue weighted by atomic mass is 9.86. The Morgan fingerprint density at radius 2 is 2.14 bits per heavy atom. The van der Waals surface area contributed by atoms with Crippen molar-refractivity contribution in [2.75, 3.05) is 0 Å². The van der Waals surface area contributed by atoms with Gasteiger partial charge in [0.2, 0.25) is 0 Å². The van der Waals surface area contributed by atoms with Crippen LogP contribution in [-0.4, -0.2) is 10.9 Å². The lowest BCUT2D eigenvalue weighted by molar-refractivity contribution is 0.0930. The van der Waals surface area contributed by atoms with E-state index in [-0.39, 0.29) is 17.4 Å². The molecule has 2 aromatic heterocycles. The summed E-state index contributed by atoms with van der Waals surface area (Å²) in [6, 6.07) is 5.88. The lowest BCUT2D eigenvalue weighted by Crippen LogP contribution is -2.31. The normalized spacial score (nSPS) is 13.0. The summed E-state index contributed by atoms with van der Waals surface area (Å²) in [5.41, 5.74) is 2.20. The second-order valence-corrected chi connectivity index (χ2v) is 7.43. The van der Waals surface area contributed by atoms with Crippen LogP contribution in [0.15, 0.2) is 36.0 Å². The zero-order valence-electron chi connectivity index (χ0n) is 13.0. The summed E-state index contributed by atoms with van der Waals surface area (Å²) in [5.74, 6) is 0.000558. The van der Waals surface area contributed by atoms with Gasteiger partial charge in [0.05, 0.1) is 10.9 Å². The first-order valence-electron chi connectivity index (χ1n) is 7.12. The molecule has 2 aromatic rings. The maximum atomic E-state index is 12.5. The number of carbonyl (C=O) groups excluding carboxylic acids is 1. The number of carbonyl (C=O) groups is 1. The minimum atomic E-state index is -0.0206. The molecule has 1 unspecified atom stereocenters. The second kappa shape index (κ2) is 6.39. The largest absolute Gasteiger partial charge is 0.344 e. The quantitative estimate of drug-likeness (QED) is 0.912. The maximum Gasteiger partial charge on any atom is 0.262 e. The fourth-order valence-corrected chi connectivity index (χ4v) is 3.10. The first-order valence-corrected chi connectivity index (χ1v) is 8.00. The molecule has 0 fully saturated rings. The van der Waals surface area contributed by atoms with E-state index in [2.05, 4.69) is 31.1 Å². The first kappa shape index (κ1) is 15.7. The van der Waals surface area contributed by atoms with Crippen molar-refractivity contribution in [3.63, 3.8) is 0 Å². The number of aryl methyl sites for hydroxylation is 1. The standard InChI is InChI=1S/C17H22N2OS/c1-12-7-9-21-15(12)16(20)19-14(10-17(2,3)4)13-6-5-8-18-11-13/h5-9,11,14H,10H2,1-4H3,(H,19,20). The van der Waals surface area contributed by atoms with Crippen molar-refractivity contribution in [3.05, 3.63) is 52.0 Å². The zero-order valence-corrected chi connectivity index (χ0v) is 13.8. The molecule has 1 amide bonds. The topological polar surface area (TPSA) is 42.0 Å². The molecule has 0 saturated carbocycles. The monoisotopic (exact) mass is 302 g/mol. The van der Waals surface area contributed by atoms with E-state index in [0.29, 0.717) is 0 Å². The molecule has 0 saturated heterocycles. The van der Waals surface area contributed by atoms with Crippen LogP contribution in [0.4, 0.5) is 0 Å². The van der Waals surface area contributed by atoms with E-state index in [9.17, 15) is 4.79 Å². The van der Waals surface area contributed by atoms with Crippen LogP contribution < -0.4 is 5.32 Å². The number of amides is 1. The summed E-state index contributed by atoms with van der Waals surface area (Å²) in [5, 5.41) is 5.12. The van der Waals surface area contributed by atoms with Gasteiger partial charge in [0.25, 0.3) is 5.91 Å². The molecule has 0 spiro atoms. The molecule has 0 bridgehead atoms. The maximum absolute atomic E-state index is 12.5. The molecule has 2 rings (SSSR count). The minimum absolute atomic E-state index is 0.000558. The van der Waals surface area contributed by atoms with E-state index >= 15 is 0 Å². The Morgan fingerprint density at radius 3 is 2.67 bits per heavy atom. The van der Waals surface area contributed by atoms with E-state index in [1.54, 1.807) is 6.20 Å². The van der Waals surface area contributed by atoms with Crippen LogP contribution in [0.5, 0.6) is 0 Å². The van der Waals surface area contributed by atoms with Gasteiger partial charge in [0, 0.05) is 12.4 Å². The Balaban J connectivity index is 2.21. The molecular formula is C17H22N2OS. The average molecular weight is 302 g/mol. The van der Waals surface area contributed by atoms with Crippen molar-refractivity contribution < 1.29 is 4.79 Å². The molecule has 3 nitrogen and oxygen atoms in total. The molecule has 112 valence electrons. The third-order valence-corrected chi connectivity index (χ3v) is 4.29. The van der Waals surface area contributed by atoms with Crippen molar-refractivity contribution in [3.8, 4) is 0 Å². The molecule has 0 radical (unpaired) electrons. The summed E-state index contributed by atoms with van der Waals surface area (Å²) in [6.07, 6.45) is 4.45. The van der Waals surface area contributed by atoms with E-state index < -0.39 is 0 Å². The fraction of sp³-hybridized carbons (Fsp3) is 0.412. The third kappa shape index (κ3) is 4.39. The number of hydrogen-bond acceptors (Lipinski definition) is 3. The number of nitrogens with one attached hydrogen (secondary N) is 1. The summed E-state index contributed by atoms with van der Waals surface area (Å²) < 4.78 is 0. The molecule has 1 N–H and O–H groups in total. The van der Waals surface area contributed by atoms with Crippen LogP contribution >= 0.6 is 11.3 Å². The van der Waals surface area contributed by atoms with E-state index in [1.807, 2.05) is 36.7 Å². The molecular weight excluding hydrogens is 280 g/mol. The Labute approximate surface area is 130 Å². The fourth-order valence-electron chi connectivity index (χ4n) is 2.28. The third-order valence-electron chi connectivity index (χ3n) is 3.28. The van der Waals surface area contributed by atoms with Crippen molar-refractivity contribution in [1.29, 1.82) is 0 Å². The summed E-state index contributed by atoms with van der Waals surface area (Å²) in [4.78, 5) is 17.4. The molecule has 0 aromatic carbocycles. The highest BCUT2D eigenvalue weighted by molar-refractivity contribution is 7.12. The Kier molecular flexibility index (Phi) is 4.78. The average Bonchev–Trinajstić information content (AvgIpc) is 2.84. The highest BCUT2D eigenvalue weighted by Crippen LogP contribution is 2.29. The summed E-state index contributed by atoms with van der Waals surface area (Å²) >= 11 is 1.49. The van der Waals surface area contributed by atoms with Gasteiger partial charge in [-0.3, -0.25) is 9.78 Å². The molecule has 2 heterocycles. The van der Waals surface area contributed by atoms with Gasteiger partial charge in [-0.1, -0.05) is 26.8 Å². The van der Waals surface area contributed by atoms with Gasteiger partial charge in [-0.05, 0) is 47.4 Å². The molecule has 4 heteroatoms. The van der Waals surface area contributed by atoms with Crippen LogP contribution in [0.3, 0.4) is 0 Å². The highest BCUT2D eigenvalue weighted by atomic mass is 32.1. The molecule has 0 aliphatic rings. The number of hydrogen-bond donors (Lipinski definition) is 1. The SMILES string of the molecule is Cc1ccsc1C(=O)NC(CC(C)(C)C)c1cccnc1. The second-order valence-electron chi connectivity index (χ2n) is 6.51. The Hall–Kier alpha value is -1.68. The van der Waals surface area contributed by atoms with Crippen LogP contribution in [0.25, 0.3) is 0 Å². The van der Waals surface area contributed by atoms with Gasteiger partial charge in [0.15, 0.2) is 0 Å². The van der Waals surface area contributed by atoms with Gasteiger partial charge in [-0.25, -0.2) is 0 Å². The van der Waals surface area contributed by atoms with Gasteiger partial charge in [0.1, 0.15) is 0 Å². The predicted octanol–water partition coefficient (Wildman–Crippen LogP) is 4.36. The van der Waals surface area contributed by atoms with E-state index in [0.717, 1.165) is 22.4 Å². The number of nitrogens with zero attached hydrogens (tertiary/aromatic N) is 1. The number of thiophene rings is 1. The van der Waals surface area contributed by atoms with Crippen LogP contribution in [0, 0.1) is 12.3 Å². The summed E-state index contributed by atoms with van der Waals surface area (Å²) in [6.45, 7) is 8.50. The van der Waals surface area contributed by atoms with E-state index in [4.69, 9.17) is 0 Å². The van der Waals surface area contributed by atoms with Crippen LogP contribution in [-0.2, 0) is 0 Å². The Morgan fingerprint density at radius 1 is 1.38 bits per heavy atom. The van der Waals surface area contributed by atoms with Crippen molar-refractivity contribution in [1.82, 2.24) is 10.3 Å². The van der Waals surface area contributed by atoms with Gasteiger partial charge < -0.3 is 5.32 Å². The van der Waals surface area contributed by atoms with Gasteiger partial charge in [-0.2, -0.15) is 0 Å². The number of rotatable bonds is 4. The smallest absolute Gasteiger partial charge is 0.262 e. The van der Waals surface area contributed by atoms with Crippen LogP contribution in [0.1, 0.15) is 54.0 Å². The van der Waals surface area contributed by atoms with Crippen molar-refractivity contribution >= 4 is 17.2 Å². The van der Waals surface area contributed by atoms with Crippen molar-refractivity contribution in [2.45, 2.75) is 40.2 Å². The highest BCUT2D eigenvalue weighted by Gasteiger charge is 2.23. The number of pyridine rings is 1. The van der Waals surface area contributed by atoms with Crippen molar-refractivity contribution in [2.24, 2.45) is 5.41 Å². The predicted molar refractivity (Wildman–Crippen MR) is 87.6 cm³/mol. The van der Waals surface area contributed by atoms with Crippen LogP contribution in [0.2, 0.25) is 0 Å². The summed E-state index contributed by atoms with van der Waals surface area (Å²) in [7, 11) is 0. The van der Waals surface area contributed by atoms with Gasteiger partial charge in [-0.15, -0.1) is 11.3 Å². The van der Waals surface area contributed by atoms with E-state index in [1.165, 1.54) is 11.3 Å². The number of aromatic nitrogens is 1. The van der Waals surface area contributed by atoms with Gasteiger partial charge >= 0.3 is 0 Å². The zero-order chi connectivity index (χ0) is 15.5. The Bertz CT molecular complexity index is 599. The minimum Gasteiger partial charge on any atom is -0.344 e. The first-order chi connectivity index (χ1) is 9.87. The lowest BCUT2D eigenvalue weighted by Gasteiger charge is -2.27.